The van der Waals surface area contributed by atoms with E-state index >= 15 is 0 Å². The molecule has 0 bridgehead atoms. The molecule has 2 heteroatoms. The van der Waals surface area contributed by atoms with Crippen molar-refractivity contribution in [1.29, 1.82) is 0 Å². The molecule has 0 aromatic heterocycles. The van der Waals surface area contributed by atoms with Crippen molar-refractivity contribution in [3.63, 3.8) is 0 Å². The van der Waals surface area contributed by atoms with Gasteiger partial charge in [0.2, 0.25) is 0 Å². The third-order valence-corrected chi connectivity index (χ3v) is 1.95. The minimum Gasteiger partial charge on any atom is -0.392 e. The SMILES string of the molecule is CC[C@H](O)CNCC#CC1CC1. The van der Waals surface area contributed by atoms with Crippen molar-refractivity contribution in [1.82, 2.24) is 5.32 Å². The number of aliphatic hydroxyl groups is 1. The molecule has 0 amide bonds. The van der Waals surface area contributed by atoms with Crippen molar-refractivity contribution in [3.05, 3.63) is 0 Å². The highest BCUT2D eigenvalue weighted by Crippen LogP contribution is 2.27. The first-order chi connectivity index (χ1) is 5.83. The summed E-state index contributed by atoms with van der Waals surface area (Å²) in [7, 11) is 0. The molecule has 0 aromatic carbocycles. The van der Waals surface area contributed by atoms with Crippen LogP contribution >= 0.6 is 0 Å². The zero-order valence-electron chi connectivity index (χ0n) is 7.64. The van der Waals surface area contributed by atoms with E-state index in [1.807, 2.05) is 6.92 Å². The molecular weight excluding hydrogens is 150 g/mol. The van der Waals surface area contributed by atoms with Gasteiger partial charge in [-0.3, -0.25) is 0 Å². The van der Waals surface area contributed by atoms with Gasteiger partial charge < -0.3 is 10.4 Å². The molecule has 0 radical (unpaired) electrons. The first kappa shape index (κ1) is 9.57. The fraction of sp³-hybridized carbons (Fsp3) is 0.800. The van der Waals surface area contributed by atoms with E-state index < -0.39 is 0 Å². The van der Waals surface area contributed by atoms with Crippen molar-refractivity contribution in [2.24, 2.45) is 5.92 Å². The zero-order chi connectivity index (χ0) is 8.81. The van der Waals surface area contributed by atoms with Crippen molar-refractivity contribution in [3.8, 4) is 11.8 Å². The molecule has 0 heterocycles. The van der Waals surface area contributed by atoms with E-state index in [1.165, 1.54) is 12.8 Å². The van der Waals surface area contributed by atoms with Crippen LogP contribution in [-0.2, 0) is 0 Å². The summed E-state index contributed by atoms with van der Waals surface area (Å²) in [5, 5.41) is 12.3. The topological polar surface area (TPSA) is 32.3 Å². The summed E-state index contributed by atoms with van der Waals surface area (Å²) < 4.78 is 0. The van der Waals surface area contributed by atoms with Crippen LogP contribution in [0.15, 0.2) is 0 Å². The largest absolute Gasteiger partial charge is 0.392 e. The number of rotatable bonds is 4. The van der Waals surface area contributed by atoms with E-state index in [2.05, 4.69) is 17.2 Å². The highest BCUT2D eigenvalue weighted by Gasteiger charge is 2.17. The lowest BCUT2D eigenvalue weighted by Gasteiger charge is -2.05. The van der Waals surface area contributed by atoms with Crippen LogP contribution in [0.25, 0.3) is 0 Å². The van der Waals surface area contributed by atoms with Crippen LogP contribution in [0.5, 0.6) is 0 Å². The second-order valence-electron chi connectivity index (χ2n) is 3.29. The molecule has 0 spiro atoms. The lowest BCUT2D eigenvalue weighted by molar-refractivity contribution is 0.169. The Morgan fingerprint density at radius 1 is 1.58 bits per heavy atom. The summed E-state index contributed by atoms with van der Waals surface area (Å²) in [6, 6.07) is 0. The van der Waals surface area contributed by atoms with Crippen molar-refractivity contribution >= 4 is 0 Å². The van der Waals surface area contributed by atoms with Gasteiger partial charge in [0, 0.05) is 12.5 Å². The molecule has 1 rings (SSSR count). The van der Waals surface area contributed by atoms with Gasteiger partial charge in [-0.05, 0) is 19.3 Å². The van der Waals surface area contributed by atoms with Crippen LogP contribution in [-0.4, -0.2) is 24.3 Å². The second-order valence-corrected chi connectivity index (χ2v) is 3.29. The molecule has 12 heavy (non-hydrogen) atoms. The van der Waals surface area contributed by atoms with Gasteiger partial charge in [0.1, 0.15) is 0 Å². The molecule has 0 aliphatic heterocycles. The standard InChI is InChI=1S/C10H17NO/c1-2-10(12)8-11-7-3-4-9-5-6-9/h9-12H,2,5-8H2,1H3/t10-/m0/s1. The predicted octanol–water partition coefficient (Wildman–Crippen LogP) is 0.760. The minimum atomic E-state index is -0.215. The molecule has 1 fully saturated rings. The molecule has 2 nitrogen and oxygen atoms in total. The first-order valence-electron chi connectivity index (χ1n) is 4.70. The fourth-order valence-electron chi connectivity index (χ4n) is 0.869. The van der Waals surface area contributed by atoms with Crippen LogP contribution in [0, 0.1) is 17.8 Å². The molecule has 1 aliphatic rings. The Balaban J connectivity index is 1.92. The van der Waals surface area contributed by atoms with Crippen LogP contribution in [0.2, 0.25) is 0 Å². The summed E-state index contributed by atoms with van der Waals surface area (Å²) in [4.78, 5) is 0. The monoisotopic (exact) mass is 167 g/mol. The predicted molar refractivity (Wildman–Crippen MR) is 49.7 cm³/mol. The van der Waals surface area contributed by atoms with Gasteiger partial charge in [-0.15, -0.1) is 0 Å². The molecule has 2 N–H and O–H groups in total. The average molecular weight is 167 g/mol. The molecule has 1 aliphatic carbocycles. The number of hydrogen-bond acceptors (Lipinski definition) is 2. The lowest BCUT2D eigenvalue weighted by atomic mass is 10.3. The van der Waals surface area contributed by atoms with Crippen LogP contribution in [0.4, 0.5) is 0 Å². The maximum absolute atomic E-state index is 9.17. The smallest absolute Gasteiger partial charge is 0.0662 e. The Labute approximate surface area is 74.4 Å². The van der Waals surface area contributed by atoms with E-state index in [9.17, 15) is 0 Å². The quantitative estimate of drug-likeness (QED) is 0.478. The van der Waals surface area contributed by atoms with Gasteiger partial charge in [0.15, 0.2) is 0 Å². The summed E-state index contributed by atoms with van der Waals surface area (Å²) in [6.45, 7) is 3.35. The summed E-state index contributed by atoms with van der Waals surface area (Å²) >= 11 is 0. The van der Waals surface area contributed by atoms with Crippen LogP contribution in [0.3, 0.4) is 0 Å². The fourth-order valence-corrected chi connectivity index (χ4v) is 0.869. The summed E-state index contributed by atoms with van der Waals surface area (Å²) in [5.74, 6) is 6.89. The van der Waals surface area contributed by atoms with Crippen LogP contribution < -0.4 is 5.32 Å². The van der Waals surface area contributed by atoms with E-state index in [1.54, 1.807) is 0 Å². The van der Waals surface area contributed by atoms with Crippen LogP contribution in [0.1, 0.15) is 26.2 Å². The Hall–Kier alpha value is -0.520. The third-order valence-electron chi connectivity index (χ3n) is 1.95. The zero-order valence-corrected chi connectivity index (χ0v) is 7.64. The van der Waals surface area contributed by atoms with Crippen molar-refractivity contribution < 1.29 is 5.11 Å². The highest BCUT2D eigenvalue weighted by atomic mass is 16.3. The average Bonchev–Trinajstić information content (AvgIpc) is 2.87. The lowest BCUT2D eigenvalue weighted by Crippen LogP contribution is -2.26. The molecule has 0 aromatic rings. The van der Waals surface area contributed by atoms with Gasteiger partial charge in [-0.2, -0.15) is 0 Å². The number of aliphatic hydroxyl groups excluding tert-OH is 1. The van der Waals surface area contributed by atoms with Crippen molar-refractivity contribution in [2.45, 2.75) is 32.3 Å². The Morgan fingerprint density at radius 2 is 2.33 bits per heavy atom. The van der Waals surface area contributed by atoms with Gasteiger partial charge in [0.25, 0.3) is 0 Å². The minimum absolute atomic E-state index is 0.215. The third kappa shape index (κ3) is 4.38. The van der Waals surface area contributed by atoms with Gasteiger partial charge in [-0.25, -0.2) is 0 Å². The normalized spacial score (nSPS) is 18.2. The molecular formula is C10H17NO. The Bertz CT molecular complexity index is 176. The van der Waals surface area contributed by atoms with Crippen molar-refractivity contribution in [2.75, 3.05) is 13.1 Å². The van der Waals surface area contributed by atoms with E-state index in [0.29, 0.717) is 19.0 Å². The molecule has 1 atom stereocenters. The first-order valence-corrected chi connectivity index (χ1v) is 4.70. The van der Waals surface area contributed by atoms with E-state index in [0.717, 1.165) is 6.42 Å². The van der Waals surface area contributed by atoms with E-state index in [4.69, 9.17) is 5.11 Å². The Kier molecular flexibility index (Phi) is 4.13. The van der Waals surface area contributed by atoms with E-state index in [-0.39, 0.29) is 6.10 Å². The highest BCUT2D eigenvalue weighted by molar-refractivity contribution is 5.10. The Morgan fingerprint density at radius 3 is 2.92 bits per heavy atom. The van der Waals surface area contributed by atoms with Gasteiger partial charge >= 0.3 is 0 Å². The number of hydrogen-bond donors (Lipinski definition) is 2. The molecule has 0 saturated heterocycles. The maximum Gasteiger partial charge on any atom is 0.0662 e. The molecule has 68 valence electrons. The summed E-state index contributed by atoms with van der Waals surface area (Å²) in [6.07, 6.45) is 3.16. The molecule has 1 saturated carbocycles. The number of nitrogens with one attached hydrogen (secondary N) is 1. The summed E-state index contributed by atoms with van der Waals surface area (Å²) in [5.41, 5.74) is 0. The molecule has 0 unspecified atom stereocenters. The maximum atomic E-state index is 9.17. The van der Waals surface area contributed by atoms with Gasteiger partial charge in [-0.1, -0.05) is 18.8 Å². The second kappa shape index (κ2) is 5.18. The van der Waals surface area contributed by atoms with Gasteiger partial charge in [0.05, 0.1) is 12.6 Å².